The van der Waals surface area contributed by atoms with E-state index < -0.39 is 10.0 Å². The van der Waals surface area contributed by atoms with Crippen LogP contribution in [0.15, 0.2) is 95.9 Å². The van der Waals surface area contributed by atoms with Gasteiger partial charge >= 0.3 is 0 Å². The molecule has 2 N–H and O–H groups in total. The number of carbonyl (C=O) groups is 1. The van der Waals surface area contributed by atoms with E-state index in [2.05, 4.69) is 23.9 Å². The summed E-state index contributed by atoms with van der Waals surface area (Å²) in [6, 6.07) is 25.0. The molecule has 5 rings (SSSR count). The van der Waals surface area contributed by atoms with Crippen molar-refractivity contribution in [2.45, 2.75) is 30.7 Å². The average Bonchev–Trinajstić information content (AvgIpc) is 2.87. The van der Waals surface area contributed by atoms with Gasteiger partial charge in [-0.05, 0) is 73.0 Å². The van der Waals surface area contributed by atoms with E-state index in [1.165, 1.54) is 0 Å². The Kier molecular flexibility index (Phi) is 6.25. The first-order valence-corrected chi connectivity index (χ1v) is 13.5. The smallest absolute Gasteiger partial charge is 0.261 e. The Bertz CT molecular complexity index is 1660. The molecular formula is C30H28N2O4S. The molecule has 0 saturated heterocycles. The van der Waals surface area contributed by atoms with Gasteiger partial charge in [0, 0.05) is 34.1 Å². The third kappa shape index (κ3) is 5.22. The van der Waals surface area contributed by atoms with Crippen LogP contribution in [0.5, 0.6) is 5.75 Å². The molecule has 0 bridgehead atoms. The fraction of sp³-hybridized carbons (Fsp3) is 0.167. The number of hydrogen-bond donors (Lipinski definition) is 2. The predicted molar refractivity (Wildman–Crippen MR) is 147 cm³/mol. The van der Waals surface area contributed by atoms with Gasteiger partial charge < -0.3 is 10.1 Å². The summed E-state index contributed by atoms with van der Waals surface area (Å²) in [7, 11) is -2.23. The Hall–Kier alpha value is -4.10. The van der Waals surface area contributed by atoms with E-state index in [1.807, 2.05) is 42.5 Å². The molecule has 0 aliphatic carbocycles. The van der Waals surface area contributed by atoms with Crippen molar-refractivity contribution in [1.29, 1.82) is 0 Å². The van der Waals surface area contributed by atoms with Crippen molar-refractivity contribution < 1.29 is 17.9 Å². The van der Waals surface area contributed by atoms with Crippen molar-refractivity contribution in [3.05, 3.63) is 108 Å². The Balaban J connectivity index is 1.43. The normalized spacial score (nSPS) is 15.6. The van der Waals surface area contributed by atoms with Crippen molar-refractivity contribution in [3.63, 3.8) is 0 Å². The number of methoxy groups -OCH3 is 1. The van der Waals surface area contributed by atoms with Crippen molar-refractivity contribution >= 4 is 38.0 Å². The van der Waals surface area contributed by atoms with Crippen molar-refractivity contribution in [2.24, 2.45) is 0 Å². The van der Waals surface area contributed by atoms with Crippen LogP contribution in [-0.4, -0.2) is 26.8 Å². The molecule has 1 aliphatic heterocycles. The van der Waals surface area contributed by atoms with Gasteiger partial charge in [0.05, 0.1) is 12.0 Å². The SMILES string of the molecule is COc1ccc2c(c1)/C(=C/C(=O)c1cccc(NS(=O)(=O)c3ccc4ccccc4c3)c1)NC(C)(C)C2. The molecular weight excluding hydrogens is 484 g/mol. The lowest BCUT2D eigenvalue weighted by Crippen LogP contribution is -2.43. The largest absolute Gasteiger partial charge is 0.497 e. The Labute approximate surface area is 217 Å². The highest BCUT2D eigenvalue weighted by Crippen LogP contribution is 2.32. The highest BCUT2D eigenvalue weighted by molar-refractivity contribution is 7.92. The lowest BCUT2D eigenvalue weighted by molar-refractivity contribution is 0.104. The second kappa shape index (κ2) is 9.41. The zero-order chi connectivity index (χ0) is 26.2. The van der Waals surface area contributed by atoms with Crippen LogP contribution in [0.3, 0.4) is 0 Å². The number of ether oxygens (including phenoxy) is 1. The molecule has 0 radical (unpaired) electrons. The second-order valence-corrected chi connectivity index (χ2v) is 11.5. The Morgan fingerprint density at radius 2 is 1.73 bits per heavy atom. The highest BCUT2D eigenvalue weighted by Gasteiger charge is 2.28. The van der Waals surface area contributed by atoms with E-state index in [9.17, 15) is 13.2 Å². The predicted octanol–water partition coefficient (Wildman–Crippen LogP) is 5.80. The summed E-state index contributed by atoms with van der Waals surface area (Å²) in [5.74, 6) is 0.476. The van der Waals surface area contributed by atoms with Gasteiger partial charge in [0.2, 0.25) is 0 Å². The molecule has 37 heavy (non-hydrogen) atoms. The number of ketones is 1. The van der Waals surface area contributed by atoms with Crippen molar-refractivity contribution in [1.82, 2.24) is 5.32 Å². The third-order valence-electron chi connectivity index (χ3n) is 6.42. The van der Waals surface area contributed by atoms with Crippen molar-refractivity contribution in [2.75, 3.05) is 11.8 Å². The molecule has 0 atom stereocenters. The first-order valence-electron chi connectivity index (χ1n) is 12.0. The molecule has 4 aromatic rings. The molecule has 0 aromatic heterocycles. The Morgan fingerprint density at radius 1 is 0.946 bits per heavy atom. The topological polar surface area (TPSA) is 84.5 Å². The number of hydrogen-bond acceptors (Lipinski definition) is 5. The summed E-state index contributed by atoms with van der Waals surface area (Å²) in [6.07, 6.45) is 2.38. The maximum absolute atomic E-state index is 13.3. The highest BCUT2D eigenvalue weighted by atomic mass is 32.2. The molecule has 1 aliphatic rings. The van der Waals surface area contributed by atoms with Crippen LogP contribution in [0.25, 0.3) is 16.5 Å². The van der Waals surface area contributed by atoms with Crippen LogP contribution >= 0.6 is 0 Å². The van der Waals surface area contributed by atoms with Gasteiger partial charge in [0.1, 0.15) is 5.75 Å². The minimum Gasteiger partial charge on any atom is -0.497 e. The molecule has 0 spiro atoms. The second-order valence-electron chi connectivity index (χ2n) is 9.83. The first kappa shape index (κ1) is 24.6. The van der Waals surface area contributed by atoms with Gasteiger partial charge in [0.25, 0.3) is 10.0 Å². The molecule has 188 valence electrons. The van der Waals surface area contributed by atoms with E-state index in [0.717, 1.165) is 28.3 Å². The molecule has 4 aromatic carbocycles. The monoisotopic (exact) mass is 512 g/mol. The van der Waals surface area contributed by atoms with Crippen LogP contribution in [0.4, 0.5) is 5.69 Å². The van der Waals surface area contributed by atoms with Crippen LogP contribution in [0, 0.1) is 0 Å². The average molecular weight is 513 g/mol. The standard InChI is InChI=1S/C30H28N2O4S/c1-30(2)19-23-11-13-25(36-3)17-27(23)28(31-30)18-29(33)22-9-6-10-24(15-22)32-37(34,35)26-14-12-20-7-4-5-8-21(20)16-26/h4-18,31-32H,19H2,1-3H3/b28-18-. The maximum atomic E-state index is 13.3. The lowest BCUT2D eigenvalue weighted by atomic mass is 9.85. The molecule has 6 nitrogen and oxygen atoms in total. The molecule has 1 heterocycles. The first-order chi connectivity index (χ1) is 17.6. The Morgan fingerprint density at radius 3 is 2.51 bits per heavy atom. The van der Waals surface area contributed by atoms with Gasteiger partial charge in [-0.3, -0.25) is 9.52 Å². The zero-order valence-electron chi connectivity index (χ0n) is 20.9. The molecule has 7 heteroatoms. The summed E-state index contributed by atoms with van der Waals surface area (Å²) in [5.41, 5.74) is 3.21. The number of fused-ring (bicyclic) bond motifs is 2. The summed E-state index contributed by atoms with van der Waals surface area (Å²) in [6.45, 7) is 4.17. The number of benzene rings is 4. The molecule has 0 unspecified atom stereocenters. The fourth-order valence-electron chi connectivity index (χ4n) is 4.65. The van der Waals surface area contributed by atoms with Gasteiger partial charge in [-0.2, -0.15) is 0 Å². The van der Waals surface area contributed by atoms with Gasteiger partial charge in [0.15, 0.2) is 5.78 Å². The van der Waals surface area contributed by atoms with Crippen LogP contribution in [0.2, 0.25) is 0 Å². The summed E-state index contributed by atoms with van der Waals surface area (Å²) < 4.78 is 34.2. The summed E-state index contributed by atoms with van der Waals surface area (Å²) >= 11 is 0. The number of sulfonamides is 1. The van der Waals surface area contributed by atoms with Crippen molar-refractivity contribution in [3.8, 4) is 5.75 Å². The van der Waals surface area contributed by atoms with Gasteiger partial charge in [-0.1, -0.05) is 48.5 Å². The van der Waals surface area contributed by atoms with E-state index in [0.29, 0.717) is 22.7 Å². The fourth-order valence-corrected chi connectivity index (χ4v) is 5.74. The number of allylic oxidation sites excluding steroid dienone is 1. The third-order valence-corrected chi connectivity index (χ3v) is 7.80. The van der Waals surface area contributed by atoms with Gasteiger partial charge in [-0.15, -0.1) is 0 Å². The molecule has 0 fully saturated rings. The minimum atomic E-state index is -3.84. The number of anilines is 1. The number of carbonyl (C=O) groups excluding carboxylic acids is 1. The number of rotatable bonds is 6. The van der Waals surface area contributed by atoms with E-state index >= 15 is 0 Å². The summed E-state index contributed by atoms with van der Waals surface area (Å²) in [4.78, 5) is 13.5. The minimum absolute atomic E-state index is 0.157. The van der Waals surface area contributed by atoms with Crippen LogP contribution in [-0.2, 0) is 16.4 Å². The summed E-state index contributed by atoms with van der Waals surface area (Å²) in [5, 5.41) is 5.26. The van der Waals surface area contributed by atoms with Crippen LogP contribution < -0.4 is 14.8 Å². The van der Waals surface area contributed by atoms with E-state index in [4.69, 9.17) is 4.74 Å². The molecule has 0 saturated carbocycles. The lowest BCUT2D eigenvalue weighted by Gasteiger charge is -2.35. The van der Waals surface area contributed by atoms with E-state index in [-0.39, 0.29) is 16.2 Å². The molecule has 0 amide bonds. The zero-order valence-corrected chi connectivity index (χ0v) is 21.7. The van der Waals surface area contributed by atoms with E-state index in [1.54, 1.807) is 55.7 Å². The van der Waals surface area contributed by atoms with Gasteiger partial charge in [-0.25, -0.2) is 8.42 Å². The quantitative estimate of drug-likeness (QED) is 0.252. The number of nitrogens with one attached hydrogen (secondary N) is 2. The van der Waals surface area contributed by atoms with Crippen LogP contribution in [0.1, 0.15) is 35.3 Å². The maximum Gasteiger partial charge on any atom is 0.261 e.